The van der Waals surface area contributed by atoms with Gasteiger partial charge in [-0.05, 0) is 79.8 Å². The number of nitrogen functional groups attached to an aromatic ring is 1. The fourth-order valence-corrected chi connectivity index (χ4v) is 8.59. The van der Waals surface area contributed by atoms with Gasteiger partial charge in [0, 0.05) is 92.2 Å². The maximum Gasteiger partial charge on any atom is 0.425 e. The number of amides is 1. The van der Waals surface area contributed by atoms with Crippen LogP contribution in [0.15, 0.2) is 37.4 Å². The van der Waals surface area contributed by atoms with E-state index in [0.29, 0.717) is 88.3 Å². The summed E-state index contributed by atoms with van der Waals surface area (Å²) in [5.41, 5.74) is 9.96. The summed E-state index contributed by atoms with van der Waals surface area (Å²) in [4.78, 5) is 31.0. The second-order valence-electron chi connectivity index (χ2n) is 15.7. The molecule has 1 aliphatic carbocycles. The Morgan fingerprint density at radius 2 is 1.71 bits per heavy atom. The van der Waals surface area contributed by atoms with Gasteiger partial charge in [-0.25, -0.2) is 4.98 Å². The van der Waals surface area contributed by atoms with Gasteiger partial charge in [0.15, 0.2) is 11.9 Å². The minimum absolute atomic E-state index is 0.0193. The second kappa shape index (κ2) is 12.2. The van der Waals surface area contributed by atoms with Crippen molar-refractivity contribution in [1.82, 2.24) is 19.8 Å². The van der Waals surface area contributed by atoms with Crippen LogP contribution in [-0.2, 0) is 4.79 Å². The average Bonchev–Trinajstić information content (AvgIpc) is 3.88. The molecule has 1 saturated carbocycles. The second-order valence-corrected chi connectivity index (χ2v) is 15.7. The number of alkyl halides is 3. The van der Waals surface area contributed by atoms with Gasteiger partial charge in [0.05, 0.1) is 0 Å². The predicted octanol–water partition coefficient (Wildman–Crippen LogP) is 6.06. The summed E-state index contributed by atoms with van der Waals surface area (Å²) in [6.45, 7) is 16.9. The molecule has 4 saturated heterocycles. The Bertz CT molecular complexity index is 1980. The smallest absolute Gasteiger partial charge is 0.425 e. The van der Waals surface area contributed by atoms with Crippen LogP contribution in [0.3, 0.4) is 0 Å². The number of hydrogen-bond acceptors (Lipinski definition) is 9. The number of anilines is 3. The number of carbonyl (C=O) groups excluding carboxylic acids is 1. The van der Waals surface area contributed by atoms with Gasteiger partial charge in [-0.15, -0.1) is 0 Å². The third-order valence-corrected chi connectivity index (χ3v) is 12.2. The topological polar surface area (TPSA) is 115 Å². The fourth-order valence-electron chi connectivity index (χ4n) is 8.59. The first-order chi connectivity index (χ1) is 24.8. The standard InChI is InChI=1S/C39H45F3N8O2/c1-5-25-15-27-33(34(52-24(4)39(40,41)42)32(25)31-23(3)7-8-29(44)28(31)16-43)45-36(48-17-26(18-48)49-19-37(20-49)9-10-37)46-35(27)47-13-11-38(12-14-47)21-50(22-38)30(51)6-2/h5-8,15-16,24,26,43H,1-2,9-14,17-22,44H2,3-4H3/t24-/m0/s1. The van der Waals surface area contributed by atoms with Gasteiger partial charge < -0.3 is 30.6 Å². The number of halogens is 3. The molecular weight excluding hydrogens is 669 g/mol. The van der Waals surface area contributed by atoms with Crippen LogP contribution in [0.4, 0.5) is 30.6 Å². The lowest BCUT2D eigenvalue weighted by Gasteiger charge is -2.54. The monoisotopic (exact) mass is 714 g/mol. The summed E-state index contributed by atoms with van der Waals surface area (Å²) in [5.74, 6) is 0.979. The van der Waals surface area contributed by atoms with Gasteiger partial charge >= 0.3 is 6.18 Å². The van der Waals surface area contributed by atoms with Crippen LogP contribution < -0.4 is 20.3 Å². The van der Waals surface area contributed by atoms with Crippen LogP contribution in [0.25, 0.3) is 28.1 Å². The quantitative estimate of drug-likeness (QED) is 0.156. The van der Waals surface area contributed by atoms with Crippen LogP contribution in [0.2, 0.25) is 0 Å². The number of rotatable bonds is 9. The number of likely N-dealkylation sites (tertiary alicyclic amines) is 2. The molecule has 2 spiro atoms. The molecule has 1 amide bonds. The number of piperidine rings is 1. The molecule has 8 rings (SSSR count). The average molecular weight is 715 g/mol. The van der Waals surface area contributed by atoms with Crippen molar-refractivity contribution in [1.29, 1.82) is 5.41 Å². The van der Waals surface area contributed by atoms with Gasteiger partial charge in [-0.3, -0.25) is 9.69 Å². The maximum atomic E-state index is 14.3. The number of nitrogens with one attached hydrogen (secondary N) is 1. The van der Waals surface area contributed by atoms with E-state index in [1.807, 2.05) is 17.9 Å². The highest BCUT2D eigenvalue weighted by Crippen LogP contribution is 2.54. The van der Waals surface area contributed by atoms with Crippen molar-refractivity contribution >= 4 is 46.6 Å². The summed E-state index contributed by atoms with van der Waals surface area (Å²) in [5, 5.41) is 8.81. The van der Waals surface area contributed by atoms with E-state index in [4.69, 9.17) is 25.8 Å². The minimum Gasteiger partial charge on any atom is -0.478 e. The molecule has 1 atom stereocenters. The van der Waals surface area contributed by atoms with E-state index in [1.165, 1.54) is 18.9 Å². The zero-order valence-corrected chi connectivity index (χ0v) is 29.7. The van der Waals surface area contributed by atoms with Crippen LogP contribution in [0.5, 0.6) is 5.75 Å². The fraction of sp³-hybridized carbons (Fsp3) is 0.487. The number of fused-ring (bicyclic) bond motifs is 1. The van der Waals surface area contributed by atoms with Crippen molar-refractivity contribution in [2.45, 2.75) is 57.9 Å². The van der Waals surface area contributed by atoms with Crippen molar-refractivity contribution in [2.24, 2.45) is 10.8 Å². The summed E-state index contributed by atoms with van der Waals surface area (Å²) in [6.07, 6.45) is 1.53. The molecule has 13 heteroatoms. The zero-order valence-electron chi connectivity index (χ0n) is 29.7. The van der Waals surface area contributed by atoms with E-state index >= 15 is 0 Å². The van der Waals surface area contributed by atoms with E-state index in [9.17, 15) is 18.0 Å². The molecule has 0 unspecified atom stereocenters. The molecule has 3 N–H and O–H groups in total. The van der Waals surface area contributed by atoms with Gasteiger partial charge in [0.1, 0.15) is 11.3 Å². The minimum atomic E-state index is -4.66. The molecule has 2 aromatic carbocycles. The lowest BCUT2D eigenvalue weighted by atomic mass is 9.72. The van der Waals surface area contributed by atoms with Gasteiger partial charge in [-0.2, -0.15) is 18.2 Å². The van der Waals surface area contributed by atoms with E-state index in [0.717, 1.165) is 52.2 Å². The first kappa shape index (κ1) is 34.4. The van der Waals surface area contributed by atoms with Crippen molar-refractivity contribution in [3.05, 3.63) is 54.1 Å². The van der Waals surface area contributed by atoms with Crippen molar-refractivity contribution in [3.8, 4) is 16.9 Å². The molecular formula is C39H45F3N8O2. The molecule has 5 fully saturated rings. The first-order valence-corrected chi connectivity index (χ1v) is 18.1. The van der Waals surface area contributed by atoms with Gasteiger partial charge in [0.2, 0.25) is 11.9 Å². The molecule has 1 aromatic heterocycles. The van der Waals surface area contributed by atoms with Crippen molar-refractivity contribution < 1.29 is 22.7 Å². The Morgan fingerprint density at radius 1 is 1.04 bits per heavy atom. The molecule has 3 aromatic rings. The highest BCUT2D eigenvalue weighted by molar-refractivity contribution is 6.06. The normalized spacial score (nSPS) is 21.4. The number of carbonyl (C=O) groups is 1. The third kappa shape index (κ3) is 5.68. The largest absolute Gasteiger partial charge is 0.478 e. The van der Waals surface area contributed by atoms with Crippen LogP contribution in [0.1, 0.15) is 49.3 Å². The summed E-state index contributed by atoms with van der Waals surface area (Å²) in [7, 11) is 0. The molecule has 4 aliphatic heterocycles. The maximum absolute atomic E-state index is 14.3. The van der Waals surface area contributed by atoms with Crippen LogP contribution in [-0.4, -0.2) is 103 Å². The molecule has 5 heterocycles. The summed E-state index contributed by atoms with van der Waals surface area (Å²) in [6, 6.07) is 5.74. The Balaban J connectivity index is 1.26. The number of aryl methyl sites for hydroxylation is 1. The van der Waals surface area contributed by atoms with Gasteiger partial charge in [-0.1, -0.05) is 25.3 Å². The number of nitrogens with two attached hydrogens (primary N) is 1. The molecule has 5 aliphatic rings. The van der Waals surface area contributed by atoms with E-state index < -0.39 is 12.3 Å². The Hall–Kier alpha value is -4.65. The highest BCUT2D eigenvalue weighted by Gasteiger charge is 2.55. The molecule has 10 nitrogen and oxygen atoms in total. The van der Waals surface area contributed by atoms with E-state index in [2.05, 4.69) is 27.9 Å². The molecule has 0 bridgehead atoms. The Labute approximate surface area is 301 Å². The summed E-state index contributed by atoms with van der Waals surface area (Å²) >= 11 is 0. The zero-order chi connectivity index (χ0) is 36.7. The molecule has 52 heavy (non-hydrogen) atoms. The first-order valence-electron chi connectivity index (χ1n) is 18.1. The molecule has 274 valence electrons. The van der Waals surface area contributed by atoms with Crippen molar-refractivity contribution in [2.75, 3.05) is 67.9 Å². The number of ether oxygens (including phenoxy) is 1. The highest BCUT2D eigenvalue weighted by atomic mass is 19.4. The number of hydrogen-bond donors (Lipinski definition) is 2. The van der Waals surface area contributed by atoms with Crippen LogP contribution in [0, 0.1) is 23.2 Å². The lowest BCUT2D eigenvalue weighted by Crippen LogP contribution is -2.66. The lowest BCUT2D eigenvalue weighted by molar-refractivity contribution is -0.188. The van der Waals surface area contributed by atoms with E-state index in [1.54, 1.807) is 18.2 Å². The number of benzene rings is 2. The third-order valence-electron chi connectivity index (χ3n) is 12.2. The number of aromatic nitrogens is 2. The van der Waals surface area contributed by atoms with E-state index in [-0.39, 0.29) is 22.6 Å². The van der Waals surface area contributed by atoms with Crippen LogP contribution >= 0.6 is 0 Å². The predicted molar refractivity (Wildman–Crippen MR) is 198 cm³/mol. The summed E-state index contributed by atoms with van der Waals surface area (Å²) < 4.78 is 49.0. The van der Waals surface area contributed by atoms with Gasteiger partial charge in [0.25, 0.3) is 0 Å². The Kier molecular flexibility index (Phi) is 8.09. The molecule has 0 radical (unpaired) electrons. The van der Waals surface area contributed by atoms with Crippen molar-refractivity contribution in [3.63, 3.8) is 0 Å². The SMILES string of the molecule is C=CC(=O)N1CC2(CCN(c3nc(N4CC(N5CC6(CC6)C5)C4)nc4c(O[C@@H](C)C(F)(F)F)c(-c5c(C)ccc(N)c5C=N)c(C=C)cc34)CC2)C1. The Morgan fingerprint density at radius 3 is 2.31 bits per heavy atom. The number of nitrogens with zero attached hydrogens (tertiary/aromatic N) is 6.